The Kier molecular flexibility index (Phi) is 4.96. The Bertz CT molecular complexity index is 867. The molecule has 2 heterocycles. The molecule has 2 aromatic rings. The zero-order valence-electron chi connectivity index (χ0n) is 13.6. The molecule has 0 aliphatic carbocycles. The van der Waals surface area contributed by atoms with E-state index in [0.717, 1.165) is 0 Å². The van der Waals surface area contributed by atoms with E-state index in [1.54, 1.807) is 42.6 Å². The van der Waals surface area contributed by atoms with Gasteiger partial charge in [-0.2, -0.15) is 0 Å². The van der Waals surface area contributed by atoms with Crippen LogP contribution in [0.4, 0.5) is 11.5 Å². The first-order valence-electron chi connectivity index (χ1n) is 7.80. The lowest BCUT2D eigenvalue weighted by molar-refractivity contribution is 0.102. The summed E-state index contributed by atoms with van der Waals surface area (Å²) < 4.78 is 23.2. The van der Waals surface area contributed by atoms with E-state index in [9.17, 15) is 13.2 Å². The normalized spacial score (nSPS) is 18.7. The lowest BCUT2D eigenvalue weighted by Crippen LogP contribution is -2.33. The predicted molar refractivity (Wildman–Crippen MR) is 99.1 cm³/mol. The number of aromatic nitrogens is 1. The zero-order valence-corrected chi connectivity index (χ0v) is 15.2. The molecule has 3 rings (SSSR count). The lowest BCUT2D eigenvalue weighted by atomic mass is 10.2. The summed E-state index contributed by atoms with van der Waals surface area (Å²) in [6, 6.07) is 10.1. The van der Waals surface area contributed by atoms with Crippen LogP contribution in [0.5, 0.6) is 0 Å². The van der Waals surface area contributed by atoms with Crippen molar-refractivity contribution in [1.82, 2.24) is 4.98 Å². The van der Waals surface area contributed by atoms with E-state index < -0.39 is 9.84 Å². The highest BCUT2D eigenvalue weighted by atomic mass is 35.5. The van der Waals surface area contributed by atoms with Crippen molar-refractivity contribution < 1.29 is 13.2 Å². The Morgan fingerprint density at radius 1 is 1.24 bits per heavy atom. The molecule has 0 bridgehead atoms. The summed E-state index contributed by atoms with van der Waals surface area (Å²) in [6.45, 7) is 0. The summed E-state index contributed by atoms with van der Waals surface area (Å²) in [6.07, 6.45) is 2.17. The van der Waals surface area contributed by atoms with E-state index in [2.05, 4.69) is 10.3 Å². The Morgan fingerprint density at radius 3 is 2.52 bits per heavy atom. The molecule has 0 spiro atoms. The van der Waals surface area contributed by atoms with Crippen LogP contribution in [0.3, 0.4) is 0 Å². The van der Waals surface area contributed by atoms with Gasteiger partial charge >= 0.3 is 0 Å². The van der Waals surface area contributed by atoms with Gasteiger partial charge in [0, 0.05) is 23.7 Å². The van der Waals surface area contributed by atoms with Crippen molar-refractivity contribution in [2.75, 3.05) is 28.8 Å². The van der Waals surface area contributed by atoms with Crippen molar-refractivity contribution in [3.8, 4) is 0 Å². The minimum Gasteiger partial charge on any atom is -0.356 e. The Hall–Kier alpha value is -2.12. The van der Waals surface area contributed by atoms with E-state index >= 15 is 0 Å². The number of nitrogens with zero attached hydrogens (tertiary/aromatic N) is 2. The third-order valence-electron chi connectivity index (χ3n) is 4.23. The van der Waals surface area contributed by atoms with E-state index in [1.807, 2.05) is 11.9 Å². The number of carbonyl (C=O) groups excluding carboxylic acids is 1. The molecule has 6 nitrogen and oxygen atoms in total. The maximum Gasteiger partial charge on any atom is 0.255 e. The molecular formula is C17H18ClN3O3S. The summed E-state index contributed by atoms with van der Waals surface area (Å²) in [4.78, 5) is 18.4. The minimum absolute atomic E-state index is 0.0630. The first-order valence-corrected chi connectivity index (χ1v) is 10.0. The van der Waals surface area contributed by atoms with Crippen molar-refractivity contribution in [2.24, 2.45) is 0 Å². The average Bonchev–Trinajstić information content (AvgIpc) is 2.95. The molecule has 1 saturated heterocycles. The first kappa shape index (κ1) is 17.7. The number of benzene rings is 1. The average molecular weight is 380 g/mol. The molecule has 1 atom stereocenters. The number of rotatable bonds is 4. The molecule has 1 N–H and O–H groups in total. The van der Waals surface area contributed by atoms with Crippen LogP contribution in [-0.4, -0.2) is 43.9 Å². The van der Waals surface area contributed by atoms with Crippen LogP contribution < -0.4 is 10.2 Å². The number of anilines is 2. The summed E-state index contributed by atoms with van der Waals surface area (Å²) in [5, 5.41) is 3.34. The van der Waals surface area contributed by atoms with E-state index in [-0.39, 0.29) is 23.5 Å². The summed E-state index contributed by atoms with van der Waals surface area (Å²) >= 11 is 5.81. The maximum absolute atomic E-state index is 12.2. The molecule has 1 aromatic carbocycles. The van der Waals surface area contributed by atoms with Crippen LogP contribution in [0.25, 0.3) is 0 Å². The molecule has 1 aromatic heterocycles. The van der Waals surface area contributed by atoms with Gasteiger partial charge in [-0.15, -0.1) is 0 Å². The standard InChI is InChI=1S/C17H18ClN3O3S/c1-21(15-8-9-25(23,24)11-15)16-7-6-14(10-19-16)20-17(22)12-2-4-13(18)5-3-12/h2-7,10,15H,8-9,11H2,1H3,(H,20,22). The van der Waals surface area contributed by atoms with E-state index in [1.165, 1.54) is 0 Å². The lowest BCUT2D eigenvalue weighted by Gasteiger charge is -2.24. The van der Waals surface area contributed by atoms with Crippen LogP contribution in [0.1, 0.15) is 16.8 Å². The highest BCUT2D eigenvalue weighted by molar-refractivity contribution is 7.91. The largest absolute Gasteiger partial charge is 0.356 e. The number of hydrogen-bond acceptors (Lipinski definition) is 5. The van der Waals surface area contributed by atoms with Gasteiger partial charge in [0.2, 0.25) is 0 Å². The van der Waals surface area contributed by atoms with Gasteiger partial charge < -0.3 is 10.2 Å². The maximum atomic E-state index is 12.2. The minimum atomic E-state index is -2.94. The summed E-state index contributed by atoms with van der Waals surface area (Å²) in [7, 11) is -1.11. The van der Waals surface area contributed by atoms with Gasteiger partial charge in [-0.3, -0.25) is 4.79 Å². The summed E-state index contributed by atoms with van der Waals surface area (Å²) in [5.74, 6) is 0.797. The number of carbonyl (C=O) groups is 1. The van der Waals surface area contributed by atoms with Gasteiger partial charge in [0.05, 0.1) is 23.4 Å². The monoisotopic (exact) mass is 379 g/mol. The van der Waals surface area contributed by atoms with Crippen molar-refractivity contribution in [3.63, 3.8) is 0 Å². The number of pyridine rings is 1. The third-order valence-corrected chi connectivity index (χ3v) is 6.23. The van der Waals surface area contributed by atoms with Crippen LogP contribution in [0.2, 0.25) is 5.02 Å². The van der Waals surface area contributed by atoms with Crippen molar-refractivity contribution in [2.45, 2.75) is 12.5 Å². The molecule has 1 amide bonds. The highest BCUT2D eigenvalue weighted by Crippen LogP contribution is 2.22. The van der Waals surface area contributed by atoms with Crippen LogP contribution >= 0.6 is 11.6 Å². The molecule has 8 heteroatoms. The van der Waals surface area contributed by atoms with Crippen LogP contribution in [-0.2, 0) is 9.84 Å². The summed E-state index contributed by atoms with van der Waals surface area (Å²) in [5.41, 5.74) is 1.07. The molecular weight excluding hydrogens is 362 g/mol. The van der Waals surface area contributed by atoms with Crippen molar-refractivity contribution >= 4 is 38.9 Å². The molecule has 1 unspecified atom stereocenters. The van der Waals surface area contributed by atoms with Gasteiger partial charge in [-0.1, -0.05) is 11.6 Å². The SMILES string of the molecule is CN(c1ccc(NC(=O)c2ccc(Cl)cc2)cn1)C1CCS(=O)(=O)C1. The van der Waals surface area contributed by atoms with E-state index in [0.29, 0.717) is 28.5 Å². The Morgan fingerprint density at radius 2 is 1.96 bits per heavy atom. The predicted octanol–water partition coefficient (Wildman–Crippen LogP) is 2.61. The number of sulfone groups is 1. The van der Waals surface area contributed by atoms with E-state index in [4.69, 9.17) is 11.6 Å². The Balaban J connectivity index is 1.66. The number of hydrogen-bond donors (Lipinski definition) is 1. The second kappa shape index (κ2) is 7.01. The van der Waals surface area contributed by atoms with Crippen LogP contribution in [0.15, 0.2) is 42.6 Å². The van der Waals surface area contributed by atoms with Gasteiger partial charge in [-0.25, -0.2) is 13.4 Å². The van der Waals surface area contributed by atoms with Gasteiger partial charge in [-0.05, 0) is 42.8 Å². The zero-order chi connectivity index (χ0) is 18.0. The number of nitrogens with one attached hydrogen (secondary N) is 1. The topological polar surface area (TPSA) is 79.4 Å². The molecule has 1 fully saturated rings. The molecule has 132 valence electrons. The van der Waals surface area contributed by atoms with Gasteiger partial charge in [0.1, 0.15) is 5.82 Å². The molecule has 0 saturated carbocycles. The molecule has 1 aliphatic heterocycles. The fraction of sp³-hybridized carbons (Fsp3) is 0.294. The molecule has 25 heavy (non-hydrogen) atoms. The van der Waals surface area contributed by atoms with Gasteiger partial charge in [0.15, 0.2) is 9.84 Å². The fourth-order valence-electron chi connectivity index (χ4n) is 2.74. The molecule has 1 aliphatic rings. The van der Waals surface area contributed by atoms with Gasteiger partial charge in [0.25, 0.3) is 5.91 Å². The van der Waals surface area contributed by atoms with Crippen molar-refractivity contribution in [1.29, 1.82) is 0 Å². The number of halogens is 1. The first-order chi connectivity index (χ1) is 11.8. The highest BCUT2D eigenvalue weighted by Gasteiger charge is 2.31. The molecule has 0 radical (unpaired) electrons. The fourth-order valence-corrected chi connectivity index (χ4v) is 4.64. The second-order valence-corrected chi connectivity index (χ2v) is 8.70. The van der Waals surface area contributed by atoms with Crippen LogP contribution in [0, 0.1) is 0 Å². The quantitative estimate of drug-likeness (QED) is 0.883. The third kappa shape index (κ3) is 4.29. The Labute approximate surface area is 151 Å². The second-order valence-electron chi connectivity index (χ2n) is 6.03. The van der Waals surface area contributed by atoms with Crippen molar-refractivity contribution in [3.05, 3.63) is 53.2 Å². The smallest absolute Gasteiger partial charge is 0.255 e. The number of amides is 1.